The minimum atomic E-state index is 0.433. The molecule has 0 aliphatic carbocycles. The number of pyridine rings is 2. The molecule has 0 unspecified atom stereocenters. The lowest BCUT2D eigenvalue weighted by Crippen LogP contribution is -1.98. The molecule has 47 heavy (non-hydrogen) atoms. The normalized spacial score (nSPS) is 10.4. The third kappa shape index (κ3) is 7.99. The molecule has 1 N–H and O–H groups in total. The lowest BCUT2D eigenvalue weighted by molar-refractivity contribution is 0.841. The number of H-pyrrole nitrogens is 1. The predicted octanol–water partition coefficient (Wildman–Crippen LogP) is 7.19. The van der Waals surface area contributed by atoms with Crippen molar-refractivity contribution in [2.24, 2.45) is 0 Å². The summed E-state index contributed by atoms with van der Waals surface area (Å²) in [7, 11) is 0. The number of nitrogens with zero attached hydrogens (tertiary/aromatic N) is 11. The van der Waals surface area contributed by atoms with Gasteiger partial charge in [0.2, 0.25) is 0 Å². The van der Waals surface area contributed by atoms with Crippen LogP contribution in [0.3, 0.4) is 0 Å². The van der Waals surface area contributed by atoms with Gasteiger partial charge in [-0.25, -0.2) is 24.6 Å². The van der Waals surface area contributed by atoms with E-state index in [2.05, 4.69) is 55.2 Å². The van der Waals surface area contributed by atoms with Crippen LogP contribution in [0.25, 0.3) is 48.1 Å². The average Bonchev–Trinajstić information content (AvgIpc) is 3.95. The van der Waals surface area contributed by atoms with Gasteiger partial charge in [-0.1, -0.05) is 11.6 Å². The summed E-state index contributed by atoms with van der Waals surface area (Å²) in [4.78, 5) is 35.3. The van der Waals surface area contributed by atoms with Crippen molar-refractivity contribution in [1.82, 2.24) is 59.8 Å². The van der Waals surface area contributed by atoms with E-state index in [0.717, 1.165) is 53.7 Å². The van der Waals surface area contributed by atoms with Crippen LogP contribution in [0.5, 0.6) is 0 Å². The molecule has 0 saturated carbocycles. The van der Waals surface area contributed by atoms with Crippen molar-refractivity contribution in [3.8, 4) is 48.1 Å². The molecule has 8 heterocycles. The highest BCUT2D eigenvalue weighted by atomic mass is 35.5. The predicted molar refractivity (Wildman–Crippen MR) is 183 cm³/mol. The molecule has 0 aliphatic heterocycles. The summed E-state index contributed by atoms with van der Waals surface area (Å²) < 4.78 is 1.71. The number of halogens is 1. The number of nitrogens with one attached hydrogen (secondary N) is 1. The molecule has 8 aromatic heterocycles. The van der Waals surface area contributed by atoms with Crippen molar-refractivity contribution >= 4 is 34.3 Å². The van der Waals surface area contributed by atoms with Crippen molar-refractivity contribution in [2.45, 2.75) is 13.8 Å². The van der Waals surface area contributed by atoms with Gasteiger partial charge in [0.25, 0.3) is 0 Å². The Morgan fingerprint density at radius 2 is 1.30 bits per heavy atom. The second-order valence-electron chi connectivity index (χ2n) is 9.56. The van der Waals surface area contributed by atoms with Crippen LogP contribution in [0.15, 0.2) is 111 Å². The molecular weight excluding hydrogens is 652 g/mol. The van der Waals surface area contributed by atoms with E-state index in [9.17, 15) is 0 Å². The maximum atomic E-state index is 5.37. The van der Waals surface area contributed by atoms with E-state index in [0.29, 0.717) is 11.0 Å². The molecular formula is C32H25ClN12S2. The number of rotatable bonds is 5. The Hall–Kier alpha value is -5.57. The van der Waals surface area contributed by atoms with E-state index in [4.69, 9.17) is 11.6 Å². The number of thiazole rings is 2. The molecule has 0 fully saturated rings. The van der Waals surface area contributed by atoms with Crippen molar-refractivity contribution in [2.75, 3.05) is 0 Å². The molecule has 0 radical (unpaired) electrons. The van der Waals surface area contributed by atoms with Crippen molar-refractivity contribution in [1.29, 1.82) is 0 Å². The lowest BCUT2D eigenvalue weighted by Gasteiger charge is -1.97. The van der Waals surface area contributed by atoms with Crippen LogP contribution < -0.4 is 0 Å². The number of aromatic nitrogens is 12. The topological polar surface area (TPSA) is 150 Å². The first kappa shape index (κ1) is 31.4. The van der Waals surface area contributed by atoms with Gasteiger partial charge in [-0.2, -0.15) is 10.2 Å². The Morgan fingerprint density at radius 1 is 0.660 bits per heavy atom. The first-order valence-electron chi connectivity index (χ1n) is 14.0. The van der Waals surface area contributed by atoms with Gasteiger partial charge in [-0.05, 0) is 50.2 Å². The first-order chi connectivity index (χ1) is 23.0. The molecule has 0 spiro atoms. The molecule has 0 atom stereocenters. The Morgan fingerprint density at radius 3 is 1.83 bits per heavy atom. The second kappa shape index (κ2) is 15.1. The molecule has 0 aromatic carbocycles. The Labute approximate surface area is 282 Å². The molecule has 8 aromatic rings. The van der Waals surface area contributed by atoms with Crippen LogP contribution in [-0.2, 0) is 0 Å². The minimum Gasteiger partial charge on any atom is -0.277 e. The molecule has 232 valence electrons. The van der Waals surface area contributed by atoms with Gasteiger partial charge in [0, 0.05) is 73.1 Å². The quantitative estimate of drug-likeness (QED) is 0.198. The van der Waals surface area contributed by atoms with E-state index in [1.165, 1.54) is 6.20 Å². The Kier molecular flexibility index (Phi) is 10.1. The molecule has 8 rings (SSSR count). The van der Waals surface area contributed by atoms with E-state index >= 15 is 0 Å². The summed E-state index contributed by atoms with van der Waals surface area (Å²) in [6.07, 6.45) is 20.4. The zero-order valence-corrected chi connectivity index (χ0v) is 27.4. The SMILES string of the molecule is Cc1nc(-c2cccnc2)sc1-c1ccn(-c2cnccn2)n1.Cc1nc(-c2cccnc2)sc1-c1ccn[nH]1.Clc1cnccn1. The molecule has 0 bridgehead atoms. The van der Waals surface area contributed by atoms with E-state index in [-0.39, 0.29) is 0 Å². The van der Waals surface area contributed by atoms with E-state index < -0.39 is 0 Å². The van der Waals surface area contributed by atoms with Gasteiger partial charge in [0.05, 0.1) is 39.2 Å². The number of hydrogen-bond acceptors (Lipinski definition) is 12. The summed E-state index contributed by atoms with van der Waals surface area (Å²) in [5.41, 5.74) is 5.92. The van der Waals surface area contributed by atoms with Crippen LogP contribution in [0, 0.1) is 13.8 Å². The number of aryl methyl sites for hydroxylation is 2. The largest absolute Gasteiger partial charge is 0.277 e. The maximum absolute atomic E-state index is 5.37. The highest BCUT2D eigenvalue weighted by Gasteiger charge is 2.15. The molecule has 12 nitrogen and oxygen atoms in total. The fourth-order valence-corrected chi connectivity index (χ4v) is 6.32. The summed E-state index contributed by atoms with van der Waals surface area (Å²) in [5.74, 6) is 0.688. The highest BCUT2D eigenvalue weighted by Crippen LogP contribution is 2.35. The minimum absolute atomic E-state index is 0.433. The Bertz CT molecular complexity index is 2120. The van der Waals surface area contributed by atoms with Gasteiger partial charge in [-0.3, -0.25) is 25.0 Å². The maximum Gasteiger partial charge on any atom is 0.171 e. The Balaban J connectivity index is 0.000000141. The van der Waals surface area contributed by atoms with Gasteiger partial charge in [-0.15, -0.1) is 22.7 Å². The third-order valence-electron chi connectivity index (χ3n) is 6.29. The van der Waals surface area contributed by atoms with Gasteiger partial charge >= 0.3 is 0 Å². The number of aromatic amines is 1. The molecule has 0 amide bonds. The fraction of sp³-hybridized carbons (Fsp3) is 0.0625. The molecule has 0 saturated heterocycles. The zero-order chi connectivity index (χ0) is 32.4. The van der Waals surface area contributed by atoms with Crippen LogP contribution in [0.2, 0.25) is 5.15 Å². The fourth-order valence-electron chi connectivity index (χ4n) is 4.15. The summed E-state index contributed by atoms with van der Waals surface area (Å²) in [5, 5.41) is 13.9. The van der Waals surface area contributed by atoms with Crippen molar-refractivity contribution in [3.63, 3.8) is 0 Å². The summed E-state index contributed by atoms with van der Waals surface area (Å²) in [6.45, 7) is 4.00. The monoisotopic (exact) mass is 676 g/mol. The van der Waals surface area contributed by atoms with Gasteiger partial charge < -0.3 is 0 Å². The molecule has 15 heteroatoms. The third-order valence-corrected chi connectivity index (χ3v) is 8.96. The average molecular weight is 677 g/mol. The van der Waals surface area contributed by atoms with Gasteiger partial charge in [0.15, 0.2) is 5.82 Å². The lowest BCUT2D eigenvalue weighted by atomic mass is 10.3. The van der Waals surface area contributed by atoms with Gasteiger partial charge in [0.1, 0.15) is 20.9 Å². The van der Waals surface area contributed by atoms with Crippen molar-refractivity contribution in [3.05, 3.63) is 127 Å². The summed E-state index contributed by atoms with van der Waals surface area (Å²) in [6, 6.07) is 11.8. The molecule has 0 aliphatic rings. The second-order valence-corrected chi connectivity index (χ2v) is 11.9. The first-order valence-corrected chi connectivity index (χ1v) is 16.1. The van der Waals surface area contributed by atoms with Crippen LogP contribution in [0.1, 0.15) is 11.4 Å². The van der Waals surface area contributed by atoms with Crippen LogP contribution >= 0.6 is 34.3 Å². The smallest absolute Gasteiger partial charge is 0.171 e. The van der Waals surface area contributed by atoms with Crippen molar-refractivity contribution < 1.29 is 0 Å². The van der Waals surface area contributed by atoms with E-state index in [1.807, 2.05) is 68.8 Å². The zero-order valence-electron chi connectivity index (χ0n) is 25.0. The standard InChI is InChI=1S/C16H12N6S.C12H10N4S.C4H3ClN2/c1-11-15(23-16(20-11)12-3-2-5-17-9-12)13-4-8-22(21-13)14-10-18-6-7-19-14;1-8-11(10-4-6-14-16-10)17-12(15-8)9-3-2-5-13-7-9;5-4-3-6-1-2-7-4/h2-10H,1H3;2-7H,1H3,(H,14,16);1-3H. The summed E-state index contributed by atoms with van der Waals surface area (Å²) >= 11 is 8.63. The number of hydrogen-bond donors (Lipinski definition) is 1. The van der Waals surface area contributed by atoms with Crippen LogP contribution in [-0.4, -0.2) is 59.8 Å². The highest BCUT2D eigenvalue weighted by molar-refractivity contribution is 7.18. The van der Waals surface area contributed by atoms with Crippen LogP contribution in [0.4, 0.5) is 0 Å². The van der Waals surface area contributed by atoms with E-state index in [1.54, 1.807) is 76.9 Å².